The van der Waals surface area contributed by atoms with Gasteiger partial charge in [0, 0.05) is 13.1 Å². The molecule has 2 atom stereocenters. The van der Waals surface area contributed by atoms with Gasteiger partial charge >= 0.3 is 0 Å². The average Bonchev–Trinajstić information content (AvgIpc) is 2.82. The SMILES string of the molecule is C=NOC(O)CCCCC1CO1. The highest BCUT2D eigenvalue weighted by Gasteiger charge is 2.21. The summed E-state index contributed by atoms with van der Waals surface area (Å²) in [7, 11) is 0. The van der Waals surface area contributed by atoms with E-state index in [9.17, 15) is 0 Å². The number of rotatable bonds is 7. The van der Waals surface area contributed by atoms with Gasteiger partial charge in [0.15, 0.2) is 0 Å². The minimum atomic E-state index is -0.789. The van der Waals surface area contributed by atoms with Gasteiger partial charge in [-0.25, -0.2) is 0 Å². The third-order valence-electron chi connectivity index (χ3n) is 1.83. The van der Waals surface area contributed by atoms with Crippen molar-refractivity contribution in [2.45, 2.75) is 38.1 Å². The van der Waals surface area contributed by atoms with E-state index in [1.54, 1.807) is 0 Å². The molecule has 4 heteroatoms. The van der Waals surface area contributed by atoms with Crippen molar-refractivity contribution in [1.82, 2.24) is 0 Å². The number of hydrogen-bond donors (Lipinski definition) is 1. The smallest absolute Gasteiger partial charge is 0.224 e. The van der Waals surface area contributed by atoms with Crippen LogP contribution in [-0.4, -0.2) is 30.8 Å². The van der Waals surface area contributed by atoms with Crippen molar-refractivity contribution >= 4 is 6.72 Å². The monoisotopic (exact) mass is 173 g/mol. The predicted octanol–water partition coefficient (Wildman–Crippen LogP) is 0.896. The molecule has 1 fully saturated rings. The van der Waals surface area contributed by atoms with Gasteiger partial charge in [0.1, 0.15) is 0 Å². The number of ether oxygens (including phenoxy) is 1. The normalized spacial score (nSPS) is 23.2. The molecule has 1 aliphatic rings. The molecule has 12 heavy (non-hydrogen) atoms. The second-order valence-electron chi connectivity index (χ2n) is 2.93. The number of aliphatic hydroxyl groups excluding tert-OH is 1. The quantitative estimate of drug-likeness (QED) is 0.204. The predicted molar refractivity (Wildman–Crippen MR) is 44.8 cm³/mol. The molecule has 0 aromatic carbocycles. The summed E-state index contributed by atoms with van der Waals surface area (Å²) >= 11 is 0. The van der Waals surface area contributed by atoms with Gasteiger partial charge in [0.2, 0.25) is 6.29 Å². The van der Waals surface area contributed by atoms with E-state index in [0.29, 0.717) is 12.5 Å². The number of oxime groups is 1. The van der Waals surface area contributed by atoms with Crippen LogP contribution in [0.25, 0.3) is 0 Å². The van der Waals surface area contributed by atoms with Crippen LogP contribution in [0, 0.1) is 0 Å². The Kier molecular flexibility index (Phi) is 4.04. The molecule has 1 N–H and O–H groups in total. The second kappa shape index (κ2) is 5.11. The molecule has 0 aromatic heterocycles. The lowest BCUT2D eigenvalue weighted by Gasteiger charge is -2.06. The molecule has 0 aromatic rings. The van der Waals surface area contributed by atoms with Gasteiger partial charge in [0.05, 0.1) is 12.7 Å². The van der Waals surface area contributed by atoms with Crippen LogP contribution in [-0.2, 0) is 9.57 Å². The van der Waals surface area contributed by atoms with Crippen LogP contribution in [0.1, 0.15) is 25.7 Å². The van der Waals surface area contributed by atoms with Crippen molar-refractivity contribution in [1.29, 1.82) is 0 Å². The van der Waals surface area contributed by atoms with Gasteiger partial charge in [-0.3, -0.25) is 0 Å². The van der Waals surface area contributed by atoms with E-state index < -0.39 is 6.29 Å². The molecule has 0 amide bonds. The highest BCUT2D eigenvalue weighted by molar-refractivity contribution is 5.21. The van der Waals surface area contributed by atoms with E-state index >= 15 is 0 Å². The maximum Gasteiger partial charge on any atom is 0.224 e. The summed E-state index contributed by atoms with van der Waals surface area (Å²) in [6.45, 7) is 4.02. The van der Waals surface area contributed by atoms with Crippen LogP contribution in [0.2, 0.25) is 0 Å². The van der Waals surface area contributed by atoms with Crippen molar-refractivity contribution in [3.8, 4) is 0 Å². The Morgan fingerprint density at radius 3 is 3.00 bits per heavy atom. The molecule has 0 spiro atoms. The van der Waals surface area contributed by atoms with Crippen molar-refractivity contribution < 1.29 is 14.7 Å². The van der Waals surface area contributed by atoms with Gasteiger partial charge in [-0.05, 0) is 12.8 Å². The largest absolute Gasteiger partial charge is 0.373 e. The molecule has 1 saturated heterocycles. The van der Waals surface area contributed by atoms with Crippen LogP contribution in [0.15, 0.2) is 5.16 Å². The first-order valence-corrected chi connectivity index (χ1v) is 4.24. The molecule has 0 saturated carbocycles. The van der Waals surface area contributed by atoms with Crippen LogP contribution < -0.4 is 0 Å². The minimum absolute atomic E-state index is 0.487. The molecule has 0 aliphatic carbocycles. The zero-order valence-electron chi connectivity index (χ0n) is 7.11. The fourth-order valence-corrected chi connectivity index (χ4v) is 1.06. The summed E-state index contributed by atoms with van der Waals surface area (Å²) in [6, 6.07) is 0. The number of hydrogen-bond acceptors (Lipinski definition) is 4. The van der Waals surface area contributed by atoms with Gasteiger partial charge in [-0.2, -0.15) is 0 Å². The maximum absolute atomic E-state index is 9.04. The van der Waals surface area contributed by atoms with Gasteiger partial charge in [0.25, 0.3) is 0 Å². The van der Waals surface area contributed by atoms with E-state index in [-0.39, 0.29) is 0 Å². The number of unbranched alkanes of at least 4 members (excludes halogenated alkanes) is 1. The van der Waals surface area contributed by atoms with Crippen LogP contribution in [0.4, 0.5) is 0 Å². The first-order valence-electron chi connectivity index (χ1n) is 4.24. The molecule has 1 rings (SSSR count). The van der Waals surface area contributed by atoms with E-state index in [2.05, 4.69) is 16.7 Å². The van der Waals surface area contributed by atoms with Crippen molar-refractivity contribution in [2.24, 2.45) is 5.16 Å². The maximum atomic E-state index is 9.04. The summed E-state index contributed by atoms with van der Waals surface area (Å²) in [5.74, 6) is 0. The van der Waals surface area contributed by atoms with Gasteiger partial charge < -0.3 is 14.7 Å². The molecule has 2 unspecified atom stereocenters. The molecular weight excluding hydrogens is 158 g/mol. The standard InChI is InChI=1S/C8H15NO3/c1-9-12-8(10)5-3-2-4-7-6-11-7/h7-8,10H,1-6H2. The lowest BCUT2D eigenvalue weighted by Crippen LogP contribution is -2.07. The molecule has 4 nitrogen and oxygen atoms in total. The Labute approximate surface area is 72.2 Å². The fraction of sp³-hybridized carbons (Fsp3) is 0.875. The summed E-state index contributed by atoms with van der Waals surface area (Å²) in [5, 5.41) is 12.2. The zero-order valence-corrected chi connectivity index (χ0v) is 7.11. The highest BCUT2D eigenvalue weighted by atomic mass is 16.7. The van der Waals surface area contributed by atoms with E-state index in [1.807, 2.05) is 0 Å². The molecular formula is C8H15NO3. The Hall–Kier alpha value is -0.610. The van der Waals surface area contributed by atoms with Crippen LogP contribution in [0.3, 0.4) is 0 Å². The third kappa shape index (κ3) is 4.31. The number of epoxide rings is 1. The summed E-state index contributed by atoms with van der Waals surface area (Å²) in [5.41, 5.74) is 0. The second-order valence-corrected chi connectivity index (χ2v) is 2.93. The first-order chi connectivity index (χ1) is 5.83. The fourth-order valence-electron chi connectivity index (χ4n) is 1.06. The van der Waals surface area contributed by atoms with Gasteiger partial charge in [-0.15, -0.1) is 0 Å². The number of aliphatic hydroxyl groups is 1. The van der Waals surface area contributed by atoms with Crippen LogP contribution >= 0.6 is 0 Å². The molecule has 1 heterocycles. The van der Waals surface area contributed by atoms with Crippen molar-refractivity contribution in [3.05, 3.63) is 0 Å². The topological polar surface area (TPSA) is 54.4 Å². The van der Waals surface area contributed by atoms with Crippen molar-refractivity contribution in [3.63, 3.8) is 0 Å². The Morgan fingerprint density at radius 1 is 1.67 bits per heavy atom. The Bertz CT molecular complexity index is 136. The van der Waals surface area contributed by atoms with Crippen LogP contribution in [0.5, 0.6) is 0 Å². The highest BCUT2D eigenvalue weighted by Crippen LogP contribution is 2.17. The average molecular weight is 173 g/mol. The Balaban J connectivity index is 1.82. The van der Waals surface area contributed by atoms with E-state index in [1.165, 1.54) is 0 Å². The van der Waals surface area contributed by atoms with E-state index in [4.69, 9.17) is 9.84 Å². The van der Waals surface area contributed by atoms with Crippen molar-refractivity contribution in [2.75, 3.05) is 6.61 Å². The first kappa shape index (κ1) is 9.48. The van der Waals surface area contributed by atoms with Gasteiger partial charge in [-0.1, -0.05) is 11.6 Å². The molecule has 0 bridgehead atoms. The molecule has 1 aliphatic heterocycles. The molecule has 0 radical (unpaired) electrons. The number of nitrogens with zero attached hydrogens (tertiary/aromatic N) is 1. The zero-order chi connectivity index (χ0) is 8.81. The summed E-state index contributed by atoms with van der Waals surface area (Å²) in [6.07, 6.45) is 3.42. The Morgan fingerprint density at radius 2 is 2.42 bits per heavy atom. The summed E-state index contributed by atoms with van der Waals surface area (Å²) < 4.78 is 5.04. The third-order valence-corrected chi connectivity index (χ3v) is 1.83. The summed E-state index contributed by atoms with van der Waals surface area (Å²) in [4.78, 5) is 4.50. The minimum Gasteiger partial charge on any atom is -0.373 e. The van der Waals surface area contributed by atoms with E-state index in [0.717, 1.165) is 25.9 Å². The lowest BCUT2D eigenvalue weighted by molar-refractivity contribution is -0.102. The lowest BCUT2D eigenvalue weighted by atomic mass is 10.1. The molecule has 70 valence electrons.